The predicted octanol–water partition coefficient (Wildman–Crippen LogP) is 3.01. The van der Waals surface area contributed by atoms with Crippen LogP contribution in [0.2, 0.25) is 0 Å². The first-order chi connectivity index (χ1) is 7.66. The fraction of sp³-hybridized carbons (Fsp3) is 0.692. The first kappa shape index (κ1) is 12.1. The summed E-state index contributed by atoms with van der Waals surface area (Å²) in [7, 11) is 0. The van der Waals surface area contributed by atoms with Crippen molar-refractivity contribution in [2.75, 3.05) is 0 Å². The Kier molecular flexibility index (Phi) is 4.00. The van der Waals surface area contributed by atoms with Crippen LogP contribution in [0.5, 0.6) is 0 Å². The molecule has 90 valence electrons. The van der Waals surface area contributed by atoms with E-state index >= 15 is 0 Å². The van der Waals surface area contributed by atoms with Crippen LogP contribution in [0.3, 0.4) is 0 Å². The first-order valence-corrected chi connectivity index (χ1v) is 7.03. The van der Waals surface area contributed by atoms with Gasteiger partial charge in [-0.15, -0.1) is 11.3 Å². The molecule has 0 amide bonds. The molecule has 1 saturated carbocycles. The summed E-state index contributed by atoms with van der Waals surface area (Å²) in [5.41, 5.74) is 1.39. The Labute approximate surface area is 102 Å². The molecule has 1 unspecified atom stereocenters. The monoisotopic (exact) mass is 239 g/mol. The third kappa shape index (κ3) is 2.84. The molecule has 1 fully saturated rings. The fourth-order valence-corrected chi connectivity index (χ4v) is 3.44. The molecule has 1 aromatic heterocycles. The zero-order valence-electron chi connectivity index (χ0n) is 10.1. The Morgan fingerprint density at radius 1 is 1.38 bits per heavy atom. The lowest BCUT2D eigenvalue weighted by Crippen LogP contribution is -2.36. The van der Waals surface area contributed by atoms with Crippen molar-refractivity contribution in [2.45, 2.75) is 57.7 Å². The molecule has 0 spiro atoms. The molecule has 0 aliphatic heterocycles. The molecule has 2 N–H and O–H groups in total. The second-order valence-electron chi connectivity index (χ2n) is 4.86. The van der Waals surface area contributed by atoms with Crippen LogP contribution in [0.4, 0.5) is 0 Å². The number of aliphatic hydroxyl groups is 1. The van der Waals surface area contributed by atoms with E-state index in [-0.39, 0.29) is 6.10 Å². The summed E-state index contributed by atoms with van der Waals surface area (Å²) in [6.07, 6.45) is 4.06. The lowest BCUT2D eigenvalue weighted by atomic mass is 9.92. The number of aliphatic hydroxyl groups excluding tert-OH is 1. The third-order valence-electron chi connectivity index (χ3n) is 3.48. The number of thiophene rings is 1. The summed E-state index contributed by atoms with van der Waals surface area (Å²) in [5, 5.41) is 15.3. The lowest BCUT2D eigenvalue weighted by Gasteiger charge is -2.29. The van der Waals surface area contributed by atoms with Gasteiger partial charge in [0.25, 0.3) is 0 Å². The van der Waals surface area contributed by atoms with Crippen LogP contribution < -0.4 is 5.32 Å². The minimum absolute atomic E-state index is 0.0585. The van der Waals surface area contributed by atoms with Gasteiger partial charge in [-0.25, -0.2) is 0 Å². The van der Waals surface area contributed by atoms with Gasteiger partial charge in [0.15, 0.2) is 0 Å². The average molecular weight is 239 g/mol. The van der Waals surface area contributed by atoms with Gasteiger partial charge in [0.2, 0.25) is 0 Å². The van der Waals surface area contributed by atoms with Gasteiger partial charge in [-0.05, 0) is 56.5 Å². The number of nitrogens with one attached hydrogen (secondary N) is 1. The average Bonchev–Trinajstić information content (AvgIpc) is 2.68. The second kappa shape index (κ2) is 5.30. The highest BCUT2D eigenvalue weighted by atomic mass is 32.1. The van der Waals surface area contributed by atoms with Gasteiger partial charge >= 0.3 is 0 Å². The van der Waals surface area contributed by atoms with Crippen molar-refractivity contribution in [1.82, 2.24) is 5.32 Å². The second-order valence-corrected chi connectivity index (χ2v) is 5.81. The molecule has 1 aliphatic carbocycles. The highest BCUT2D eigenvalue weighted by Gasteiger charge is 2.21. The third-order valence-corrected chi connectivity index (χ3v) is 4.68. The summed E-state index contributed by atoms with van der Waals surface area (Å²) < 4.78 is 0. The maximum Gasteiger partial charge on any atom is 0.0541 e. The van der Waals surface area contributed by atoms with Crippen molar-refractivity contribution < 1.29 is 5.11 Å². The van der Waals surface area contributed by atoms with Crippen LogP contribution in [0.15, 0.2) is 11.4 Å². The molecule has 1 heterocycles. The molecular formula is C13H21NOS. The van der Waals surface area contributed by atoms with E-state index in [0.717, 1.165) is 25.7 Å². The molecule has 0 radical (unpaired) electrons. The smallest absolute Gasteiger partial charge is 0.0541 e. The summed E-state index contributed by atoms with van der Waals surface area (Å²) in [4.78, 5) is 1.45. The molecular weight excluding hydrogens is 218 g/mol. The van der Waals surface area contributed by atoms with Gasteiger partial charge in [-0.3, -0.25) is 0 Å². The molecule has 0 bridgehead atoms. The van der Waals surface area contributed by atoms with Crippen molar-refractivity contribution in [3.05, 3.63) is 21.9 Å². The summed E-state index contributed by atoms with van der Waals surface area (Å²) in [6.45, 7) is 4.42. The van der Waals surface area contributed by atoms with Gasteiger partial charge in [-0.2, -0.15) is 0 Å². The molecule has 1 aromatic rings. The van der Waals surface area contributed by atoms with Crippen LogP contribution >= 0.6 is 11.3 Å². The minimum Gasteiger partial charge on any atom is -0.393 e. The number of hydrogen-bond acceptors (Lipinski definition) is 3. The van der Waals surface area contributed by atoms with E-state index in [1.165, 1.54) is 10.4 Å². The van der Waals surface area contributed by atoms with E-state index in [9.17, 15) is 5.11 Å². The molecule has 0 saturated heterocycles. The molecule has 0 aromatic carbocycles. The van der Waals surface area contributed by atoms with Crippen molar-refractivity contribution in [3.8, 4) is 0 Å². The number of hydrogen-bond donors (Lipinski definition) is 2. The van der Waals surface area contributed by atoms with Crippen molar-refractivity contribution in [2.24, 2.45) is 0 Å². The lowest BCUT2D eigenvalue weighted by molar-refractivity contribution is 0.114. The topological polar surface area (TPSA) is 32.3 Å². The zero-order chi connectivity index (χ0) is 11.5. The van der Waals surface area contributed by atoms with E-state index < -0.39 is 0 Å². The molecule has 3 heteroatoms. The maximum absolute atomic E-state index is 9.46. The zero-order valence-corrected chi connectivity index (χ0v) is 10.9. The van der Waals surface area contributed by atoms with Crippen molar-refractivity contribution >= 4 is 11.3 Å². The molecule has 1 atom stereocenters. The van der Waals surface area contributed by atoms with Gasteiger partial charge in [-0.1, -0.05) is 0 Å². The Balaban J connectivity index is 1.88. The van der Waals surface area contributed by atoms with E-state index in [1.807, 2.05) is 11.3 Å². The maximum atomic E-state index is 9.46. The Morgan fingerprint density at radius 3 is 2.62 bits per heavy atom. The van der Waals surface area contributed by atoms with Crippen LogP contribution in [-0.4, -0.2) is 17.3 Å². The summed E-state index contributed by atoms with van der Waals surface area (Å²) in [6, 6.07) is 3.21. The highest BCUT2D eigenvalue weighted by molar-refractivity contribution is 7.10. The van der Waals surface area contributed by atoms with Gasteiger partial charge in [0.1, 0.15) is 0 Å². The van der Waals surface area contributed by atoms with Gasteiger partial charge in [0, 0.05) is 17.0 Å². The standard InChI is InChI=1S/C13H21NOS/c1-9-7-8-16-13(9)10(2)14-11-3-5-12(15)6-4-11/h7-8,10-12,14-15H,3-6H2,1-2H3. The van der Waals surface area contributed by atoms with Crippen LogP contribution in [0.1, 0.15) is 49.1 Å². The van der Waals surface area contributed by atoms with E-state index in [4.69, 9.17) is 0 Å². The SMILES string of the molecule is Cc1ccsc1C(C)NC1CCC(O)CC1. The Bertz CT molecular complexity index is 328. The van der Waals surface area contributed by atoms with E-state index in [2.05, 4.69) is 30.6 Å². The fourth-order valence-electron chi connectivity index (χ4n) is 2.50. The van der Waals surface area contributed by atoms with Crippen molar-refractivity contribution in [1.29, 1.82) is 0 Å². The first-order valence-electron chi connectivity index (χ1n) is 6.15. The summed E-state index contributed by atoms with van der Waals surface area (Å²) in [5.74, 6) is 0. The Morgan fingerprint density at radius 2 is 2.06 bits per heavy atom. The normalized spacial score (nSPS) is 27.9. The molecule has 1 aliphatic rings. The highest BCUT2D eigenvalue weighted by Crippen LogP contribution is 2.26. The van der Waals surface area contributed by atoms with Crippen molar-refractivity contribution in [3.63, 3.8) is 0 Å². The van der Waals surface area contributed by atoms with E-state index in [1.54, 1.807) is 0 Å². The molecule has 2 rings (SSSR count). The van der Waals surface area contributed by atoms with Crippen LogP contribution in [-0.2, 0) is 0 Å². The Hall–Kier alpha value is -0.380. The predicted molar refractivity (Wildman–Crippen MR) is 68.9 cm³/mol. The van der Waals surface area contributed by atoms with Gasteiger partial charge in [0.05, 0.1) is 6.10 Å². The molecule has 2 nitrogen and oxygen atoms in total. The minimum atomic E-state index is -0.0585. The number of rotatable bonds is 3. The summed E-state index contributed by atoms with van der Waals surface area (Å²) >= 11 is 1.83. The van der Waals surface area contributed by atoms with E-state index in [0.29, 0.717) is 12.1 Å². The quantitative estimate of drug-likeness (QED) is 0.850. The van der Waals surface area contributed by atoms with Crippen LogP contribution in [0, 0.1) is 6.92 Å². The largest absolute Gasteiger partial charge is 0.393 e. The van der Waals surface area contributed by atoms with Gasteiger partial charge < -0.3 is 10.4 Å². The molecule has 16 heavy (non-hydrogen) atoms. The van der Waals surface area contributed by atoms with Crippen LogP contribution in [0.25, 0.3) is 0 Å². The number of aryl methyl sites for hydroxylation is 1.